The third-order valence-electron chi connectivity index (χ3n) is 2.05. The second-order valence-corrected chi connectivity index (χ2v) is 4.23. The van der Waals surface area contributed by atoms with Gasteiger partial charge >= 0.3 is 0 Å². The Hall–Kier alpha value is -0.870. The quantitative estimate of drug-likeness (QED) is 0.818. The summed E-state index contributed by atoms with van der Waals surface area (Å²) in [6, 6.07) is 6.11. The van der Waals surface area contributed by atoms with E-state index in [4.69, 9.17) is 0 Å². The van der Waals surface area contributed by atoms with Crippen molar-refractivity contribution < 1.29 is 0 Å². The maximum atomic E-state index is 4.47. The molecule has 0 atom stereocenters. The van der Waals surface area contributed by atoms with Gasteiger partial charge in [-0.15, -0.1) is 0 Å². The third-order valence-corrected chi connectivity index (χ3v) is 2.61. The lowest BCUT2D eigenvalue weighted by molar-refractivity contribution is 0.399. The largest absolute Gasteiger partial charge is 0.303 e. The van der Waals surface area contributed by atoms with Crippen LogP contribution in [0.5, 0.6) is 0 Å². The first-order valence-electron chi connectivity index (χ1n) is 4.44. The fraction of sp³-hybridized carbons (Fsp3) is 0.300. The lowest BCUT2D eigenvalue weighted by Crippen LogP contribution is -2.11. The van der Waals surface area contributed by atoms with Gasteiger partial charge in [0, 0.05) is 12.7 Å². The summed E-state index contributed by atoms with van der Waals surface area (Å²) in [6.45, 7) is 0.860. The van der Waals surface area contributed by atoms with Crippen LogP contribution in [0.25, 0.3) is 5.52 Å². The fourth-order valence-electron chi connectivity index (χ4n) is 1.48. The van der Waals surface area contributed by atoms with Crippen molar-refractivity contribution in [3.8, 4) is 0 Å². The minimum absolute atomic E-state index is 0.860. The van der Waals surface area contributed by atoms with Crippen molar-refractivity contribution in [1.29, 1.82) is 0 Å². The van der Waals surface area contributed by atoms with Crippen LogP contribution < -0.4 is 0 Å². The van der Waals surface area contributed by atoms with Gasteiger partial charge in [0.15, 0.2) is 4.73 Å². The van der Waals surface area contributed by atoms with Gasteiger partial charge in [-0.3, -0.25) is 4.40 Å². The maximum absolute atomic E-state index is 4.47. The molecule has 0 unspecified atom stereocenters. The highest BCUT2D eigenvalue weighted by Crippen LogP contribution is 2.17. The summed E-state index contributed by atoms with van der Waals surface area (Å²) in [5.74, 6) is 0. The van der Waals surface area contributed by atoms with Crippen LogP contribution in [0.2, 0.25) is 0 Å². The first-order chi connectivity index (χ1) is 6.68. The van der Waals surface area contributed by atoms with Gasteiger partial charge in [-0.1, -0.05) is 6.07 Å². The molecule has 3 nitrogen and oxygen atoms in total. The molecule has 14 heavy (non-hydrogen) atoms. The summed E-state index contributed by atoms with van der Waals surface area (Å²) in [5.41, 5.74) is 2.26. The number of nitrogens with zero attached hydrogens (tertiary/aromatic N) is 3. The van der Waals surface area contributed by atoms with E-state index in [1.807, 2.05) is 36.8 Å². The average Bonchev–Trinajstić information content (AvgIpc) is 2.44. The molecule has 0 saturated heterocycles. The fourth-order valence-corrected chi connectivity index (χ4v) is 2.00. The monoisotopic (exact) mass is 253 g/mol. The number of pyridine rings is 1. The Kier molecular flexibility index (Phi) is 2.56. The van der Waals surface area contributed by atoms with E-state index >= 15 is 0 Å². The number of fused-ring (bicyclic) bond motifs is 1. The molecular formula is C10H12BrN3. The number of rotatable bonds is 2. The second-order valence-electron chi connectivity index (χ2n) is 3.52. The molecule has 4 heteroatoms. The molecule has 0 radical (unpaired) electrons. The molecule has 2 aromatic rings. The molecule has 2 heterocycles. The van der Waals surface area contributed by atoms with E-state index in [9.17, 15) is 0 Å². The lowest BCUT2D eigenvalue weighted by atomic mass is 10.3. The van der Waals surface area contributed by atoms with Gasteiger partial charge in [-0.2, -0.15) is 0 Å². The molecule has 0 aliphatic rings. The van der Waals surface area contributed by atoms with Gasteiger partial charge < -0.3 is 4.90 Å². The summed E-state index contributed by atoms with van der Waals surface area (Å²) < 4.78 is 2.91. The smallest absolute Gasteiger partial charge is 0.182 e. The van der Waals surface area contributed by atoms with E-state index in [1.54, 1.807) is 0 Å². The van der Waals surface area contributed by atoms with E-state index in [-0.39, 0.29) is 0 Å². The molecule has 2 rings (SSSR count). The Morgan fingerprint density at radius 3 is 2.93 bits per heavy atom. The van der Waals surface area contributed by atoms with Gasteiger partial charge in [-0.25, -0.2) is 4.98 Å². The Morgan fingerprint density at radius 1 is 1.43 bits per heavy atom. The summed E-state index contributed by atoms with van der Waals surface area (Å²) in [5, 5.41) is 0. The van der Waals surface area contributed by atoms with Crippen LogP contribution >= 0.6 is 15.9 Å². The second kappa shape index (κ2) is 3.71. The highest BCUT2D eigenvalue weighted by Gasteiger charge is 2.08. The Balaban J connectivity index is 2.55. The van der Waals surface area contributed by atoms with Gasteiger partial charge in [0.05, 0.1) is 11.2 Å². The molecule has 0 amide bonds. The van der Waals surface area contributed by atoms with Crippen LogP contribution in [0.1, 0.15) is 5.69 Å². The molecule has 0 saturated carbocycles. The van der Waals surface area contributed by atoms with Crippen LogP contribution in [0.15, 0.2) is 29.1 Å². The summed E-state index contributed by atoms with van der Waals surface area (Å²) in [4.78, 5) is 6.58. The average molecular weight is 254 g/mol. The van der Waals surface area contributed by atoms with Gasteiger partial charge in [-0.05, 0) is 42.2 Å². The maximum Gasteiger partial charge on any atom is 0.182 e. The minimum atomic E-state index is 0.860. The Labute approximate surface area is 91.5 Å². The third kappa shape index (κ3) is 1.67. The first-order valence-corrected chi connectivity index (χ1v) is 5.24. The standard InChI is InChI=1S/C10H12BrN3/c1-13(2)7-8-9-5-3-4-6-14(9)10(11)12-8/h3-6H,7H2,1-2H3. The summed E-state index contributed by atoms with van der Waals surface area (Å²) in [6.07, 6.45) is 2.01. The van der Waals surface area contributed by atoms with Crippen molar-refractivity contribution in [1.82, 2.24) is 14.3 Å². The zero-order valence-corrected chi connectivity index (χ0v) is 9.82. The molecule has 74 valence electrons. The highest BCUT2D eigenvalue weighted by atomic mass is 79.9. The number of hydrogen-bond acceptors (Lipinski definition) is 2. The zero-order valence-electron chi connectivity index (χ0n) is 8.24. The van der Waals surface area contributed by atoms with Crippen molar-refractivity contribution in [2.45, 2.75) is 6.54 Å². The van der Waals surface area contributed by atoms with E-state index in [1.165, 1.54) is 0 Å². The molecule has 2 aromatic heterocycles. The molecule has 0 spiro atoms. The van der Waals surface area contributed by atoms with Crippen molar-refractivity contribution in [3.63, 3.8) is 0 Å². The van der Waals surface area contributed by atoms with Crippen LogP contribution in [-0.2, 0) is 6.54 Å². The summed E-state index contributed by atoms with van der Waals surface area (Å²) in [7, 11) is 4.09. The Morgan fingerprint density at radius 2 is 2.21 bits per heavy atom. The number of aromatic nitrogens is 2. The summed E-state index contributed by atoms with van der Waals surface area (Å²) >= 11 is 3.44. The van der Waals surface area contributed by atoms with Crippen LogP contribution in [0.3, 0.4) is 0 Å². The number of imidazole rings is 1. The predicted molar refractivity (Wildman–Crippen MR) is 60.3 cm³/mol. The molecular weight excluding hydrogens is 242 g/mol. The van der Waals surface area contributed by atoms with E-state index in [0.29, 0.717) is 0 Å². The predicted octanol–water partition coefficient (Wildman–Crippen LogP) is 2.16. The van der Waals surface area contributed by atoms with E-state index in [2.05, 4.69) is 31.9 Å². The molecule has 0 N–H and O–H groups in total. The first kappa shape index (κ1) is 9.68. The van der Waals surface area contributed by atoms with Gasteiger partial charge in [0.2, 0.25) is 0 Å². The lowest BCUT2D eigenvalue weighted by Gasteiger charge is -2.06. The zero-order chi connectivity index (χ0) is 10.1. The number of hydrogen-bond donors (Lipinski definition) is 0. The topological polar surface area (TPSA) is 20.5 Å². The normalized spacial score (nSPS) is 11.4. The van der Waals surface area contributed by atoms with E-state index in [0.717, 1.165) is 22.5 Å². The number of halogens is 1. The van der Waals surface area contributed by atoms with Gasteiger partial charge in [0.25, 0.3) is 0 Å². The molecule has 0 aliphatic heterocycles. The molecule has 0 fully saturated rings. The molecule has 0 bridgehead atoms. The van der Waals surface area contributed by atoms with Gasteiger partial charge in [0.1, 0.15) is 0 Å². The Bertz CT molecular complexity index is 448. The van der Waals surface area contributed by atoms with Crippen molar-refractivity contribution in [2.24, 2.45) is 0 Å². The highest BCUT2D eigenvalue weighted by molar-refractivity contribution is 9.10. The van der Waals surface area contributed by atoms with Crippen LogP contribution in [0, 0.1) is 0 Å². The van der Waals surface area contributed by atoms with Crippen molar-refractivity contribution in [2.75, 3.05) is 14.1 Å². The van der Waals surface area contributed by atoms with Crippen LogP contribution in [-0.4, -0.2) is 28.4 Å². The van der Waals surface area contributed by atoms with Crippen molar-refractivity contribution in [3.05, 3.63) is 34.8 Å². The van der Waals surface area contributed by atoms with Crippen LogP contribution in [0.4, 0.5) is 0 Å². The SMILES string of the molecule is CN(C)Cc1nc(Br)n2ccccc12. The molecule has 0 aromatic carbocycles. The van der Waals surface area contributed by atoms with E-state index < -0.39 is 0 Å². The minimum Gasteiger partial charge on any atom is -0.303 e. The molecule has 0 aliphatic carbocycles. The van der Waals surface area contributed by atoms with Crippen molar-refractivity contribution >= 4 is 21.4 Å².